The highest BCUT2D eigenvalue weighted by atomic mass is 15.1. The van der Waals surface area contributed by atoms with Gasteiger partial charge in [-0.3, -0.25) is 0 Å². The predicted octanol–water partition coefficient (Wildman–Crippen LogP) is 13.3. The van der Waals surface area contributed by atoms with Crippen LogP contribution in [-0.2, 0) is 0 Å². The highest BCUT2D eigenvalue weighted by Crippen LogP contribution is 2.40. The molecule has 0 aliphatic heterocycles. The van der Waals surface area contributed by atoms with E-state index in [4.69, 9.17) is 0 Å². The van der Waals surface area contributed by atoms with E-state index >= 15 is 0 Å². The second-order valence-corrected chi connectivity index (χ2v) is 12.9. The molecule has 238 valence electrons. The van der Waals surface area contributed by atoms with Crippen LogP contribution in [0.15, 0.2) is 194 Å². The molecule has 0 unspecified atom stereocenters. The fourth-order valence-corrected chi connectivity index (χ4v) is 7.34. The van der Waals surface area contributed by atoms with Gasteiger partial charge in [-0.25, -0.2) is 0 Å². The van der Waals surface area contributed by atoms with E-state index < -0.39 is 0 Å². The average molecular weight is 641 g/mol. The Morgan fingerprint density at radius 1 is 0.400 bits per heavy atom. The Balaban J connectivity index is 1.14. The number of allylic oxidation sites excluding steroid dienone is 4. The average Bonchev–Trinajstić information content (AvgIpc) is 3.53. The van der Waals surface area contributed by atoms with E-state index in [1.807, 2.05) is 0 Å². The second kappa shape index (κ2) is 12.9. The highest BCUT2D eigenvalue weighted by Gasteiger charge is 2.18. The molecule has 0 saturated heterocycles. The van der Waals surface area contributed by atoms with Crippen molar-refractivity contribution in [2.24, 2.45) is 0 Å². The van der Waals surface area contributed by atoms with Gasteiger partial charge in [0, 0.05) is 33.5 Å². The van der Waals surface area contributed by atoms with Crippen molar-refractivity contribution in [3.05, 3.63) is 200 Å². The quantitative estimate of drug-likeness (QED) is 0.168. The first-order valence-electron chi connectivity index (χ1n) is 17.4. The maximum Gasteiger partial charge on any atom is 0.0561 e. The van der Waals surface area contributed by atoms with Crippen LogP contribution in [0.4, 0.5) is 17.1 Å². The Morgan fingerprint density at radius 3 is 1.74 bits per heavy atom. The number of anilines is 3. The number of fused-ring (bicyclic) bond motifs is 3. The van der Waals surface area contributed by atoms with Gasteiger partial charge in [-0.1, -0.05) is 133 Å². The Bertz CT molecular complexity index is 2500. The summed E-state index contributed by atoms with van der Waals surface area (Å²) in [7, 11) is 0. The van der Waals surface area contributed by atoms with Crippen LogP contribution >= 0.6 is 0 Å². The maximum atomic E-state index is 2.41. The molecule has 0 saturated carbocycles. The zero-order valence-electron chi connectivity index (χ0n) is 27.8. The molecule has 50 heavy (non-hydrogen) atoms. The minimum Gasteiger partial charge on any atom is -0.310 e. The van der Waals surface area contributed by atoms with Crippen molar-refractivity contribution in [2.45, 2.75) is 12.8 Å². The molecule has 0 amide bonds. The lowest BCUT2D eigenvalue weighted by Crippen LogP contribution is -2.10. The number of hydrogen-bond acceptors (Lipinski definition) is 1. The topological polar surface area (TPSA) is 8.17 Å². The van der Waals surface area contributed by atoms with Gasteiger partial charge in [-0.15, -0.1) is 0 Å². The van der Waals surface area contributed by atoms with Crippen LogP contribution in [0, 0.1) is 0 Å². The number of para-hydroxylation sites is 2. The van der Waals surface area contributed by atoms with Crippen LogP contribution in [0.1, 0.15) is 18.4 Å². The van der Waals surface area contributed by atoms with Crippen LogP contribution in [0.2, 0.25) is 0 Å². The summed E-state index contributed by atoms with van der Waals surface area (Å²) >= 11 is 0. The molecule has 2 heteroatoms. The SMILES string of the molecule is C1=CC(c2ccc(N(c3ccccc3)c3ccc4c5ccccc5n(-c5ccc(-c6cccc(-c7ccccc7)c6)cc5)c4c3)cc2)=CCC1. The van der Waals surface area contributed by atoms with Crippen molar-refractivity contribution in [1.82, 2.24) is 4.57 Å². The molecule has 0 N–H and O–H groups in total. The van der Waals surface area contributed by atoms with Crippen LogP contribution in [0.3, 0.4) is 0 Å². The van der Waals surface area contributed by atoms with Crippen LogP contribution < -0.4 is 4.90 Å². The lowest BCUT2D eigenvalue weighted by Gasteiger charge is -2.26. The molecule has 1 aliphatic rings. The van der Waals surface area contributed by atoms with Gasteiger partial charge in [0.2, 0.25) is 0 Å². The minimum atomic E-state index is 1.10. The molecule has 0 bridgehead atoms. The van der Waals surface area contributed by atoms with Gasteiger partial charge in [0.05, 0.1) is 11.0 Å². The smallest absolute Gasteiger partial charge is 0.0561 e. The number of nitrogens with zero attached hydrogens (tertiary/aromatic N) is 2. The van der Waals surface area contributed by atoms with Crippen molar-refractivity contribution in [1.29, 1.82) is 0 Å². The third-order valence-electron chi connectivity index (χ3n) is 9.81. The van der Waals surface area contributed by atoms with Crippen LogP contribution in [0.5, 0.6) is 0 Å². The molecule has 0 radical (unpaired) electrons. The molecule has 7 aromatic carbocycles. The van der Waals surface area contributed by atoms with Gasteiger partial charge in [0.15, 0.2) is 0 Å². The molecule has 0 spiro atoms. The number of rotatable bonds is 7. The first-order valence-corrected chi connectivity index (χ1v) is 17.4. The van der Waals surface area contributed by atoms with E-state index in [1.54, 1.807) is 0 Å². The molecule has 2 nitrogen and oxygen atoms in total. The number of hydrogen-bond donors (Lipinski definition) is 0. The first-order chi connectivity index (χ1) is 24.8. The van der Waals surface area contributed by atoms with E-state index in [-0.39, 0.29) is 0 Å². The summed E-state index contributed by atoms with van der Waals surface area (Å²) in [5, 5.41) is 2.49. The van der Waals surface area contributed by atoms with Crippen molar-refractivity contribution < 1.29 is 0 Å². The molecule has 0 fully saturated rings. The summed E-state index contributed by atoms with van der Waals surface area (Å²) in [6.45, 7) is 0. The summed E-state index contributed by atoms with van der Waals surface area (Å²) in [5.41, 5.74) is 14.3. The van der Waals surface area contributed by atoms with Crippen molar-refractivity contribution in [3.8, 4) is 27.9 Å². The molecule has 1 aromatic heterocycles. The lowest BCUT2D eigenvalue weighted by atomic mass is 9.99. The van der Waals surface area contributed by atoms with Gasteiger partial charge in [0.1, 0.15) is 0 Å². The Labute approximate surface area is 293 Å². The molecule has 0 atom stereocenters. The van der Waals surface area contributed by atoms with Gasteiger partial charge in [-0.05, 0) is 107 Å². The highest BCUT2D eigenvalue weighted by molar-refractivity contribution is 6.10. The third-order valence-corrected chi connectivity index (χ3v) is 9.81. The molecule has 1 aliphatic carbocycles. The molecular formula is C48H36N2. The summed E-state index contributed by atoms with van der Waals surface area (Å²) in [6.07, 6.45) is 9.07. The molecule has 9 rings (SSSR count). The lowest BCUT2D eigenvalue weighted by molar-refractivity contribution is 1.04. The summed E-state index contributed by atoms with van der Waals surface area (Å²) in [6, 6.07) is 63.7. The van der Waals surface area contributed by atoms with Crippen LogP contribution in [-0.4, -0.2) is 4.57 Å². The zero-order chi connectivity index (χ0) is 33.3. The summed E-state index contributed by atoms with van der Waals surface area (Å²) in [5.74, 6) is 0. The van der Waals surface area contributed by atoms with Crippen molar-refractivity contribution in [3.63, 3.8) is 0 Å². The van der Waals surface area contributed by atoms with Gasteiger partial charge in [-0.2, -0.15) is 0 Å². The largest absolute Gasteiger partial charge is 0.310 e. The fraction of sp³-hybridized carbons (Fsp3) is 0.0417. The standard InChI is InChI=1S/C48H36N2/c1-4-13-35(14-5-1)37-23-27-42(28-24-37)49(41-19-8-3-9-20-41)44-31-32-46-45-21-10-11-22-47(45)50(48(46)34-44)43-29-25-38(26-30-43)40-18-12-17-39(33-40)36-15-6-2-7-16-36/h2-4,6-34H,1,5H2. The van der Waals surface area contributed by atoms with E-state index in [2.05, 4.69) is 204 Å². The van der Waals surface area contributed by atoms with Crippen LogP contribution in [0.25, 0.3) is 55.3 Å². The van der Waals surface area contributed by atoms with Gasteiger partial charge >= 0.3 is 0 Å². The normalized spacial score (nSPS) is 12.7. The number of aromatic nitrogens is 1. The number of benzene rings is 7. The van der Waals surface area contributed by atoms with E-state index in [9.17, 15) is 0 Å². The summed E-state index contributed by atoms with van der Waals surface area (Å²) < 4.78 is 2.41. The maximum absolute atomic E-state index is 2.41. The van der Waals surface area contributed by atoms with Gasteiger partial charge < -0.3 is 9.47 Å². The first kappa shape index (κ1) is 29.7. The summed E-state index contributed by atoms with van der Waals surface area (Å²) in [4.78, 5) is 2.36. The molecule has 8 aromatic rings. The minimum absolute atomic E-state index is 1.10. The Hall–Kier alpha value is -6.38. The second-order valence-electron chi connectivity index (χ2n) is 12.9. The zero-order valence-corrected chi connectivity index (χ0v) is 27.8. The Morgan fingerprint density at radius 2 is 1.00 bits per heavy atom. The monoisotopic (exact) mass is 640 g/mol. The Kier molecular flexibility index (Phi) is 7.68. The third kappa shape index (κ3) is 5.51. The van der Waals surface area contributed by atoms with E-state index in [1.165, 1.54) is 55.2 Å². The predicted molar refractivity (Wildman–Crippen MR) is 213 cm³/mol. The van der Waals surface area contributed by atoms with Crippen molar-refractivity contribution in [2.75, 3.05) is 4.90 Å². The molecule has 1 heterocycles. The van der Waals surface area contributed by atoms with E-state index in [0.717, 1.165) is 35.6 Å². The molecular weight excluding hydrogens is 605 g/mol. The van der Waals surface area contributed by atoms with Gasteiger partial charge in [0.25, 0.3) is 0 Å². The van der Waals surface area contributed by atoms with Crippen molar-refractivity contribution >= 4 is 44.4 Å². The fourth-order valence-electron chi connectivity index (χ4n) is 7.34. The van der Waals surface area contributed by atoms with E-state index in [0.29, 0.717) is 0 Å².